The number of carbonyl (C=O) groups is 3. The predicted molar refractivity (Wildman–Crippen MR) is 155 cm³/mol. The van der Waals surface area contributed by atoms with Crippen LogP contribution >= 0.6 is 0 Å². The lowest BCUT2D eigenvalue weighted by atomic mass is 9.55. The summed E-state index contributed by atoms with van der Waals surface area (Å²) in [7, 11) is 0. The van der Waals surface area contributed by atoms with Crippen LogP contribution in [0.4, 0.5) is 0 Å². The third kappa shape index (κ3) is 4.34. The van der Waals surface area contributed by atoms with Crippen LogP contribution in [0.1, 0.15) is 74.6 Å². The van der Waals surface area contributed by atoms with Gasteiger partial charge in [-0.25, -0.2) is 0 Å². The zero-order chi connectivity index (χ0) is 30.7. The smallest absolute Gasteiger partial charge is 0.255 e. The minimum absolute atomic E-state index is 0.0247. The van der Waals surface area contributed by atoms with Crippen molar-refractivity contribution in [2.45, 2.75) is 75.9 Å². The molecule has 9 nitrogen and oxygen atoms in total. The molecule has 222 valence electrons. The highest BCUT2D eigenvalue weighted by Crippen LogP contribution is 2.56. The number of aliphatic hydroxyl groups is 4. The molecule has 3 aliphatic rings. The minimum Gasteiger partial charge on any atom is -0.508 e. The van der Waals surface area contributed by atoms with Crippen LogP contribution in [0.2, 0.25) is 0 Å². The maximum absolute atomic E-state index is 13.9. The fourth-order valence-corrected chi connectivity index (χ4v) is 7.22. The third-order valence-corrected chi connectivity index (χ3v) is 9.59. The second-order valence-electron chi connectivity index (χ2n) is 12.5. The van der Waals surface area contributed by atoms with Crippen LogP contribution in [0, 0.1) is 11.8 Å². The van der Waals surface area contributed by atoms with Crippen molar-refractivity contribution in [1.82, 2.24) is 0 Å². The van der Waals surface area contributed by atoms with Gasteiger partial charge in [0.1, 0.15) is 22.8 Å². The number of amides is 1. The number of rotatable bonds is 7. The molecule has 42 heavy (non-hydrogen) atoms. The highest BCUT2D eigenvalue weighted by atomic mass is 16.4. The first-order valence-electron chi connectivity index (χ1n) is 14.3. The molecule has 3 aliphatic carbocycles. The molecule has 1 amide bonds. The number of unbranched alkanes of at least 4 members (excludes halogenated alkanes) is 1. The van der Waals surface area contributed by atoms with Crippen LogP contribution in [0.25, 0.3) is 5.76 Å². The maximum Gasteiger partial charge on any atom is 0.255 e. The molecule has 7 N–H and O–H groups in total. The lowest BCUT2D eigenvalue weighted by molar-refractivity contribution is -0.160. The van der Waals surface area contributed by atoms with Crippen molar-refractivity contribution >= 4 is 23.2 Å². The van der Waals surface area contributed by atoms with E-state index in [2.05, 4.69) is 12.1 Å². The first-order valence-corrected chi connectivity index (χ1v) is 14.3. The topological polar surface area (TPSA) is 178 Å². The lowest BCUT2D eigenvalue weighted by Gasteiger charge is -2.50. The molecular formula is C33H37NO8. The number of aromatic hydroxyl groups is 1. The Bertz CT molecular complexity index is 1540. The SMILES string of the molecule is C[C@H]1c2ccc(C(C)(C)CCCCc3ccccc3)c(O)c2C(O)=C2C(=O)[C@]3(O)C(O)=C(C(N)=O)C(=O)C[C@@H]3[C@@H](O)[C@@H]21. The van der Waals surface area contributed by atoms with Crippen LogP contribution < -0.4 is 5.73 Å². The zero-order valence-corrected chi connectivity index (χ0v) is 23.9. The fourth-order valence-electron chi connectivity index (χ4n) is 7.22. The quantitative estimate of drug-likeness (QED) is 0.214. The molecule has 0 spiro atoms. The van der Waals surface area contributed by atoms with Gasteiger partial charge >= 0.3 is 0 Å². The molecule has 0 saturated heterocycles. The molecule has 1 saturated carbocycles. The van der Waals surface area contributed by atoms with Crippen LogP contribution in [0.5, 0.6) is 5.75 Å². The lowest BCUT2D eigenvalue weighted by Crippen LogP contribution is -2.63. The average Bonchev–Trinajstić information content (AvgIpc) is 2.93. The number of hydrogen-bond acceptors (Lipinski definition) is 8. The summed E-state index contributed by atoms with van der Waals surface area (Å²) in [6.45, 7) is 5.71. The van der Waals surface area contributed by atoms with Gasteiger partial charge in [0.2, 0.25) is 5.78 Å². The Hall–Kier alpha value is -3.95. The van der Waals surface area contributed by atoms with Crippen molar-refractivity contribution in [3.63, 3.8) is 0 Å². The fraction of sp³-hybridized carbons (Fsp3) is 0.424. The molecular weight excluding hydrogens is 538 g/mol. The largest absolute Gasteiger partial charge is 0.508 e. The predicted octanol–water partition coefficient (Wildman–Crippen LogP) is 3.65. The Morgan fingerprint density at radius 3 is 2.36 bits per heavy atom. The molecule has 0 radical (unpaired) electrons. The number of aryl methyl sites for hydroxylation is 1. The first-order chi connectivity index (χ1) is 19.7. The standard InChI is InChI=1S/C33H37NO8/c1-16-18-12-13-19(32(2,3)14-8-7-11-17-9-5-4-6-10-17)26(36)23(18)28(38)25-22(16)27(37)20-15-21(35)24(31(34)41)29(39)33(20,42)30(25)40/h4-6,9-10,12-13,16,20,22,27,36-39,42H,7-8,11,14-15H2,1-3H3,(H2,34,41)/t16-,20+,22+,27+,33+/m0/s1. The first kappa shape index (κ1) is 29.5. The Morgan fingerprint density at radius 1 is 1.05 bits per heavy atom. The van der Waals surface area contributed by atoms with Gasteiger partial charge in [0, 0.05) is 29.4 Å². The van der Waals surface area contributed by atoms with E-state index in [1.165, 1.54) is 5.56 Å². The number of phenolic OH excluding ortho intramolecular Hbond substituents is 1. The Labute approximate surface area is 244 Å². The number of benzene rings is 2. The summed E-state index contributed by atoms with van der Waals surface area (Å²) >= 11 is 0. The van der Waals surface area contributed by atoms with Crippen LogP contribution in [-0.2, 0) is 26.2 Å². The summed E-state index contributed by atoms with van der Waals surface area (Å²) in [6, 6.07) is 13.7. The van der Waals surface area contributed by atoms with Gasteiger partial charge in [-0.05, 0) is 41.7 Å². The van der Waals surface area contributed by atoms with Gasteiger partial charge in [0.15, 0.2) is 11.4 Å². The molecule has 0 unspecified atom stereocenters. The number of phenols is 1. The van der Waals surface area contributed by atoms with E-state index in [0.717, 1.165) is 25.7 Å². The van der Waals surface area contributed by atoms with E-state index >= 15 is 0 Å². The van der Waals surface area contributed by atoms with Gasteiger partial charge in [-0.1, -0.05) is 69.7 Å². The molecule has 0 aromatic heterocycles. The maximum atomic E-state index is 13.9. The summed E-state index contributed by atoms with van der Waals surface area (Å²) in [5.41, 5.74) is 2.96. The molecule has 1 fully saturated rings. The summed E-state index contributed by atoms with van der Waals surface area (Å²) in [5.74, 6) is -8.52. The average molecular weight is 576 g/mol. The van der Waals surface area contributed by atoms with E-state index < -0.39 is 75.9 Å². The minimum atomic E-state index is -2.85. The molecule has 9 heteroatoms. The normalized spacial score (nSPS) is 27.5. The second kappa shape index (κ2) is 10.4. The summed E-state index contributed by atoms with van der Waals surface area (Å²) in [6.07, 6.45) is 1.36. The third-order valence-electron chi connectivity index (χ3n) is 9.59. The van der Waals surface area contributed by atoms with Crippen molar-refractivity contribution < 1.29 is 39.9 Å². The van der Waals surface area contributed by atoms with Crippen molar-refractivity contribution in [3.05, 3.63) is 81.6 Å². The number of aliphatic hydroxyl groups excluding tert-OH is 3. The van der Waals surface area contributed by atoms with Crippen LogP contribution in [0.3, 0.4) is 0 Å². The van der Waals surface area contributed by atoms with Gasteiger partial charge in [-0.15, -0.1) is 0 Å². The van der Waals surface area contributed by atoms with Gasteiger partial charge in [-0.2, -0.15) is 0 Å². The number of hydrogen-bond donors (Lipinski definition) is 6. The number of primary amides is 1. The molecule has 0 aliphatic heterocycles. The monoisotopic (exact) mass is 575 g/mol. The highest BCUT2D eigenvalue weighted by molar-refractivity contribution is 6.23. The van der Waals surface area contributed by atoms with E-state index in [1.807, 2.05) is 32.0 Å². The molecule has 0 heterocycles. The highest BCUT2D eigenvalue weighted by Gasteiger charge is 2.65. The van der Waals surface area contributed by atoms with Crippen molar-refractivity contribution in [3.8, 4) is 5.75 Å². The number of Topliss-reactive ketones (excluding diaryl/α,β-unsaturated/α-hetero) is 2. The van der Waals surface area contributed by atoms with E-state index in [-0.39, 0.29) is 16.9 Å². The molecule has 5 rings (SSSR count). The summed E-state index contributed by atoms with van der Waals surface area (Å²) in [4.78, 5) is 38.4. The number of fused-ring (bicyclic) bond motifs is 3. The summed E-state index contributed by atoms with van der Waals surface area (Å²) in [5, 5.41) is 56.7. The molecule has 2 aromatic rings. The Balaban J connectivity index is 1.53. The van der Waals surface area contributed by atoms with Crippen molar-refractivity contribution in [2.75, 3.05) is 0 Å². The Kier molecular flexibility index (Phi) is 7.31. The van der Waals surface area contributed by atoms with Gasteiger partial charge in [-0.3, -0.25) is 14.4 Å². The molecule has 2 aromatic carbocycles. The second-order valence-corrected chi connectivity index (χ2v) is 12.5. The van der Waals surface area contributed by atoms with Crippen molar-refractivity contribution in [1.29, 1.82) is 0 Å². The van der Waals surface area contributed by atoms with Gasteiger partial charge < -0.3 is 31.3 Å². The number of ketones is 2. The summed E-state index contributed by atoms with van der Waals surface area (Å²) < 4.78 is 0. The number of nitrogens with two attached hydrogens (primary N) is 1. The van der Waals surface area contributed by atoms with E-state index in [0.29, 0.717) is 11.1 Å². The zero-order valence-electron chi connectivity index (χ0n) is 23.9. The molecule has 5 atom stereocenters. The van der Waals surface area contributed by atoms with Crippen LogP contribution in [-0.4, -0.2) is 54.7 Å². The van der Waals surface area contributed by atoms with Crippen LogP contribution in [0.15, 0.2) is 59.4 Å². The Morgan fingerprint density at radius 2 is 1.71 bits per heavy atom. The van der Waals surface area contributed by atoms with Gasteiger partial charge in [0.25, 0.3) is 5.91 Å². The molecule has 0 bridgehead atoms. The number of carbonyl (C=O) groups excluding carboxylic acids is 3. The van der Waals surface area contributed by atoms with E-state index in [9.17, 15) is 39.9 Å². The van der Waals surface area contributed by atoms with E-state index in [1.54, 1.807) is 19.1 Å². The van der Waals surface area contributed by atoms with Gasteiger partial charge in [0.05, 0.1) is 11.7 Å². The van der Waals surface area contributed by atoms with Crippen molar-refractivity contribution in [2.24, 2.45) is 17.6 Å². The van der Waals surface area contributed by atoms with E-state index in [4.69, 9.17) is 5.73 Å².